The van der Waals surface area contributed by atoms with Gasteiger partial charge in [-0.05, 0) is 49.2 Å². The number of nitrogens with one attached hydrogen (secondary N) is 1. The molecule has 4 rings (SSSR count). The van der Waals surface area contributed by atoms with E-state index in [2.05, 4.69) is 21.2 Å². The Morgan fingerprint density at radius 2 is 1.68 bits per heavy atom. The highest BCUT2D eigenvalue weighted by molar-refractivity contribution is 6.35. The van der Waals surface area contributed by atoms with E-state index in [1.165, 1.54) is 0 Å². The van der Waals surface area contributed by atoms with Gasteiger partial charge in [0.25, 0.3) is 0 Å². The molecule has 28 heavy (non-hydrogen) atoms. The Balaban J connectivity index is 1.21. The summed E-state index contributed by atoms with van der Waals surface area (Å²) in [5, 5.41) is 4.36. The lowest BCUT2D eigenvalue weighted by molar-refractivity contribution is -0.117. The molecule has 0 bridgehead atoms. The first-order valence-electron chi connectivity index (χ1n) is 9.93. The predicted molar refractivity (Wildman–Crippen MR) is 117 cm³/mol. The molecule has 1 amide bonds. The van der Waals surface area contributed by atoms with Crippen LogP contribution < -0.4 is 10.2 Å². The highest BCUT2D eigenvalue weighted by Crippen LogP contribution is 2.35. The normalized spacial score (nSPS) is 19.6. The molecule has 1 N–H and O–H groups in total. The third kappa shape index (κ3) is 4.45. The van der Waals surface area contributed by atoms with Crippen LogP contribution in [0.15, 0.2) is 42.5 Å². The van der Waals surface area contributed by atoms with Crippen molar-refractivity contribution in [2.24, 2.45) is 0 Å². The first-order valence-corrected chi connectivity index (χ1v) is 10.7. The van der Waals surface area contributed by atoms with E-state index in [9.17, 15) is 4.79 Å². The quantitative estimate of drug-likeness (QED) is 0.669. The van der Waals surface area contributed by atoms with E-state index in [1.807, 2.05) is 30.3 Å². The summed E-state index contributed by atoms with van der Waals surface area (Å²) >= 11 is 12.3. The number of para-hydroxylation sites is 1. The van der Waals surface area contributed by atoms with E-state index in [0.29, 0.717) is 10.0 Å². The van der Waals surface area contributed by atoms with Gasteiger partial charge in [0.15, 0.2) is 0 Å². The number of benzene rings is 2. The molecule has 148 valence electrons. The van der Waals surface area contributed by atoms with Crippen LogP contribution in [0.1, 0.15) is 30.7 Å². The second-order valence-electron chi connectivity index (χ2n) is 7.58. The van der Waals surface area contributed by atoms with Gasteiger partial charge < -0.3 is 10.2 Å². The molecule has 6 heteroatoms. The first kappa shape index (κ1) is 19.6. The van der Waals surface area contributed by atoms with E-state index in [1.54, 1.807) is 6.07 Å². The van der Waals surface area contributed by atoms with E-state index in [4.69, 9.17) is 23.2 Å². The monoisotopic (exact) mass is 417 g/mol. The average molecular weight is 418 g/mol. The van der Waals surface area contributed by atoms with Crippen LogP contribution in [0.4, 0.5) is 11.4 Å². The van der Waals surface area contributed by atoms with E-state index >= 15 is 0 Å². The van der Waals surface area contributed by atoms with Crippen molar-refractivity contribution < 1.29 is 4.79 Å². The van der Waals surface area contributed by atoms with Crippen LogP contribution in [-0.2, 0) is 4.79 Å². The van der Waals surface area contributed by atoms with Gasteiger partial charge in [-0.1, -0.05) is 47.8 Å². The van der Waals surface area contributed by atoms with Gasteiger partial charge >= 0.3 is 0 Å². The second kappa shape index (κ2) is 8.73. The van der Waals surface area contributed by atoms with Crippen molar-refractivity contribution in [2.45, 2.75) is 25.2 Å². The van der Waals surface area contributed by atoms with Crippen molar-refractivity contribution in [3.05, 3.63) is 58.1 Å². The lowest BCUT2D eigenvalue weighted by Gasteiger charge is -2.36. The Morgan fingerprint density at radius 3 is 2.43 bits per heavy atom. The Labute approximate surface area is 176 Å². The fourth-order valence-electron chi connectivity index (χ4n) is 4.20. The number of rotatable bonds is 6. The number of carbonyl (C=O) groups is 1. The van der Waals surface area contributed by atoms with Crippen molar-refractivity contribution in [3.8, 4) is 0 Å². The molecule has 0 spiro atoms. The molecule has 2 aromatic carbocycles. The van der Waals surface area contributed by atoms with E-state index < -0.39 is 0 Å². The van der Waals surface area contributed by atoms with Crippen molar-refractivity contribution in [3.63, 3.8) is 0 Å². The SMILES string of the molecule is O=C1Nc2ccccc2C1CCCCN1CCN(c2cc(Cl)cc(Cl)c2)CC1. The van der Waals surface area contributed by atoms with Crippen molar-refractivity contribution in [1.82, 2.24) is 4.90 Å². The molecule has 2 aliphatic heterocycles. The maximum atomic E-state index is 12.2. The highest BCUT2D eigenvalue weighted by Gasteiger charge is 2.29. The molecule has 1 atom stereocenters. The molecule has 0 saturated carbocycles. The summed E-state index contributed by atoms with van der Waals surface area (Å²) < 4.78 is 0. The molecular weight excluding hydrogens is 393 g/mol. The topological polar surface area (TPSA) is 35.6 Å². The van der Waals surface area contributed by atoms with Crippen molar-refractivity contribution in [1.29, 1.82) is 0 Å². The number of nitrogens with zero attached hydrogens (tertiary/aromatic N) is 2. The van der Waals surface area contributed by atoms with Crippen LogP contribution in [0, 0.1) is 0 Å². The summed E-state index contributed by atoms with van der Waals surface area (Å²) in [6.45, 7) is 5.12. The number of piperazine rings is 1. The smallest absolute Gasteiger partial charge is 0.232 e. The minimum atomic E-state index is 0.0145. The van der Waals surface area contributed by atoms with Crippen molar-refractivity contribution >= 4 is 40.5 Å². The standard InChI is InChI=1S/C22H25Cl2N3O/c23-16-13-17(24)15-18(14-16)27-11-9-26(10-12-27)8-4-3-6-20-19-5-1-2-7-21(19)25-22(20)28/h1-2,5,7,13-15,20H,3-4,6,8-12H2,(H,25,28). The first-order chi connectivity index (χ1) is 13.6. The Bertz CT molecular complexity index is 829. The molecule has 0 aliphatic carbocycles. The number of hydrogen-bond donors (Lipinski definition) is 1. The van der Waals surface area contributed by atoms with Gasteiger partial charge in [-0.25, -0.2) is 0 Å². The highest BCUT2D eigenvalue weighted by atomic mass is 35.5. The predicted octanol–water partition coefficient (Wildman–Crippen LogP) is 5.02. The van der Waals surface area contributed by atoms with Crippen LogP contribution in [0.3, 0.4) is 0 Å². The third-order valence-corrected chi connectivity index (χ3v) is 6.15. The van der Waals surface area contributed by atoms with E-state index in [0.717, 1.165) is 68.9 Å². The zero-order valence-electron chi connectivity index (χ0n) is 15.8. The lowest BCUT2D eigenvalue weighted by Crippen LogP contribution is -2.46. The van der Waals surface area contributed by atoms with Gasteiger partial charge in [0, 0.05) is 47.6 Å². The van der Waals surface area contributed by atoms with Gasteiger partial charge in [-0.3, -0.25) is 9.69 Å². The van der Waals surface area contributed by atoms with Crippen molar-refractivity contribution in [2.75, 3.05) is 42.9 Å². The lowest BCUT2D eigenvalue weighted by atomic mass is 9.95. The summed E-state index contributed by atoms with van der Waals surface area (Å²) in [6.07, 6.45) is 3.11. The number of anilines is 2. The largest absolute Gasteiger partial charge is 0.369 e. The summed E-state index contributed by atoms with van der Waals surface area (Å²) in [7, 11) is 0. The Morgan fingerprint density at radius 1 is 0.964 bits per heavy atom. The molecule has 2 aliphatic rings. The minimum absolute atomic E-state index is 0.0145. The van der Waals surface area contributed by atoms with Gasteiger partial charge in [0.05, 0.1) is 5.92 Å². The zero-order valence-corrected chi connectivity index (χ0v) is 17.3. The number of halogens is 2. The summed E-state index contributed by atoms with van der Waals surface area (Å²) in [4.78, 5) is 17.0. The fraction of sp³-hybridized carbons (Fsp3) is 0.409. The van der Waals surface area contributed by atoms with Gasteiger partial charge in [-0.2, -0.15) is 0 Å². The zero-order chi connectivity index (χ0) is 19.5. The second-order valence-corrected chi connectivity index (χ2v) is 8.45. The average Bonchev–Trinajstić information content (AvgIpc) is 3.00. The molecule has 1 unspecified atom stereocenters. The van der Waals surface area contributed by atoms with Gasteiger partial charge in [-0.15, -0.1) is 0 Å². The number of carbonyl (C=O) groups excluding carboxylic acids is 1. The maximum Gasteiger partial charge on any atom is 0.232 e. The molecular formula is C22H25Cl2N3O. The van der Waals surface area contributed by atoms with Crippen LogP contribution in [0.2, 0.25) is 10.0 Å². The third-order valence-electron chi connectivity index (χ3n) is 5.71. The van der Waals surface area contributed by atoms with Crippen LogP contribution >= 0.6 is 23.2 Å². The molecule has 2 heterocycles. The molecule has 1 fully saturated rings. The van der Waals surface area contributed by atoms with Gasteiger partial charge in [0.2, 0.25) is 5.91 Å². The Kier molecular flexibility index (Phi) is 6.10. The Hall–Kier alpha value is -1.75. The van der Waals surface area contributed by atoms with Gasteiger partial charge in [0.1, 0.15) is 0 Å². The summed E-state index contributed by atoms with van der Waals surface area (Å²) in [5.41, 5.74) is 3.24. The molecule has 0 aromatic heterocycles. The molecule has 4 nitrogen and oxygen atoms in total. The summed E-state index contributed by atoms with van der Waals surface area (Å²) in [5.74, 6) is 0.163. The van der Waals surface area contributed by atoms with Crippen LogP contribution in [0.25, 0.3) is 0 Å². The summed E-state index contributed by atoms with van der Waals surface area (Å²) in [6, 6.07) is 13.8. The number of hydrogen-bond acceptors (Lipinski definition) is 3. The van der Waals surface area contributed by atoms with Crippen LogP contribution in [-0.4, -0.2) is 43.5 Å². The number of fused-ring (bicyclic) bond motifs is 1. The van der Waals surface area contributed by atoms with E-state index in [-0.39, 0.29) is 11.8 Å². The van der Waals surface area contributed by atoms with Crippen LogP contribution in [0.5, 0.6) is 0 Å². The number of amides is 1. The minimum Gasteiger partial charge on any atom is -0.369 e. The molecule has 2 aromatic rings. The number of unbranched alkanes of at least 4 members (excludes halogenated alkanes) is 1. The molecule has 0 radical (unpaired) electrons. The molecule has 1 saturated heterocycles. The fourth-order valence-corrected chi connectivity index (χ4v) is 4.71. The maximum absolute atomic E-state index is 12.2.